The quantitative estimate of drug-likeness (QED) is 0.143. The maximum absolute atomic E-state index is 12.7. The Hall–Kier alpha value is -4.31. The van der Waals surface area contributed by atoms with Crippen molar-refractivity contribution in [3.63, 3.8) is 0 Å². The van der Waals surface area contributed by atoms with Crippen molar-refractivity contribution < 1.29 is 68.6 Å². The first-order chi connectivity index (χ1) is 23.1. The second kappa shape index (κ2) is 15.3. The lowest BCUT2D eigenvalue weighted by Gasteiger charge is -2.40. The Morgan fingerprint density at radius 2 is 1.60 bits per heavy atom. The number of fused-ring (bicyclic) bond motifs is 1. The normalized spacial score (nSPS) is 24.7. The number of aryl methyl sites for hydroxylation is 1. The molecule has 0 aromatic heterocycles. The zero-order valence-electron chi connectivity index (χ0n) is 26.6. The van der Waals surface area contributed by atoms with Crippen LogP contribution in [0.15, 0.2) is 48.5 Å². The maximum atomic E-state index is 12.7. The summed E-state index contributed by atoms with van der Waals surface area (Å²) in [6, 6.07) is 12.5. The minimum atomic E-state index is -1.72. The SMILES string of the molecule is COc1cc(O[C@@H]2O[C@H](COC(=O)c3ccc(O)c(OC)c3)[C@@H](O)[C@H](O)[C@H]2O)cc([C@@H]2Oc3c(OC)cc(CCCO)cc3[C@H]2CO)c1. The van der Waals surface area contributed by atoms with E-state index in [9.17, 15) is 35.4 Å². The van der Waals surface area contributed by atoms with Crippen LogP contribution in [0, 0.1) is 0 Å². The van der Waals surface area contributed by atoms with E-state index in [-0.39, 0.29) is 36.0 Å². The largest absolute Gasteiger partial charge is 0.504 e. The molecule has 0 aliphatic carbocycles. The Balaban J connectivity index is 1.35. The van der Waals surface area contributed by atoms with E-state index in [1.165, 1.54) is 45.6 Å². The van der Waals surface area contributed by atoms with E-state index in [4.69, 9.17) is 33.2 Å². The molecule has 3 aromatic rings. The monoisotopic (exact) mass is 672 g/mol. The van der Waals surface area contributed by atoms with Crippen molar-refractivity contribution in [3.8, 4) is 34.5 Å². The van der Waals surface area contributed by atoms with Gasteiger partial charge < -0.3 is 63.8 Å². The summed E-state index contributed by atoms with van der Waals surface area (Å²) in [5, 5.41) is 61.5. The number of esters is 1. The summed E-state index contributed by atoms with van der Waals surface area (Å²) in [6.07, 6.45) is -7.37. The van der Waals surface area contributed by atoms with Gasteiger partial charge in [-0.25, -0.2) is 4.79 Å². The first-order valence-electron chi connectivity index (χ1n) is 15.3. The molecule has 14 nitrogen and oxygen atoms in total. The Bertz CT molecular complexity index is 1580. The minimum absolute atomic E-state index is 0.0330. The van der Waals surface area contributed by atoms with Crippen molar-refractivity contribution in [2.75, 3.05) is 41.2 Å². The highest BCUT2D eigenvalue weighted by molar-refractivity contribution is 5.90. The van der Waals surface area contributed by atoms with Crippen molar-refractivity contribution >= 4 is 5.97 Å². The number of phenols is 1. The molecule has 7 atom stereocenters. The number of carbonyl (C=O) groups excluding carboxylic acids is 1. The van der Waals surface area contributed by atoms with E-state index in [0.717, 1.165) is 11.1 Å². The summed E-state index contributed by atoms with van der Waals surface area (Å²) in [5.74, 6) is 0.0518. The summed E-state index contributed by atoms with van der Waals surface area (Å²) < 4.78 is 39.5. The number of methoxy groups -OCH3 is 3. The van der Waals surface area contributed by atoms with E-state index in [1.807, 2.05) is 12.1 Å². The van der Waals surface area contributed by atoms with E-state index in [2.05, 4.69) is 0 Å². The highest BCUT2D eigenvalue weighted by Crippen LogP contribution is 2.51. The van der Waals surface area contributed by atoms with Crippen LogP contribution in [0.2, 0.25) is 0 Å². The molecule has 2 heterocycles. The predicted molar refractivity (Wildman–Crippen MR) is 167 cm³/mol. The van der Waals surface area contributed by atoms with Crippen LogP contribution < -0.4 is 23.7 Å². The number of aromatic hydroxyl groups is 1. The summed E-state index contributed by atoms with van der Waals surface area (Å²) in [6.45, 7) is -0.737. The molecule has 14 heteroatoms. The zero-order chi connectivity index (χ0) is 34.5. The van der Waals surface area contributed by atoms with Gasteiger partial charge in [0.15, 0.2) is 23.0 Å². The number of aliphatic hydroxyl groups is 5. The molecular formula is C34H40O14. The minimum Gasteiger partial charge on any atom is -0.504 e. The fourth-order valence-electron chi connectivity index (χ4n) is 5.81. The Kier molecular flexibility index (Phi) is 11.1. The molecule has 0 saturated carbocycles. The van der Waals surface area contributed by atoms with E-state index >= 15 is 0 Å². The van der Waals surface area contributed by atoms with E-state index < -0.39 is 55.3 Å². The Morgan fingerprint density at radius 1 is 0.854 bits per heavy atom. The van der Waals surface area contributed by atoms with Crippen molar-refractivity contribution in [1.29, 1.82) is 0 Å². The summed E-state index contributed by atoms with van der Waals surface area (Å²) in [5.41, 5.74) is 2.28. The third-order valence-corrected chi connectivity index (χ3v) is 8.37. The van der Waals surface area contributed by atoms with Gasteiger partial charge in [-0.05, 0) is 54.8 Å². The van der Waals surface area contributed by atoms with Gasteiger partial charge in [-0.3, -0.25) is 0 Å². The second-order valence-electron chi connectivity index (χ2n) is 11.4. The average Bonchev–Trinajstić information content (AvgIpc) is 3.48. The highest BCUT2D eigenvalue weighted by Gasteiger charge is 2.46. The van der Waals surface area contributed by atoms with Crippen molar-refractivity contribution in [2.45, 2.75) is 55.6 Å². The number of benzene rings is 3. The summed E-state index contributed by atoms with van der Waals surface area (Å²) >= 11 is 0. The molecule has 0 unspecified atom stereocenters. The van der Waals surface area contributed by atoms with Gasteiger partial charge in [-0.15, -0.1) is 0 Å². The molecule has 2 aliphatic rings. The number of phenolic OH excluding ortho intramolecular Hbond substituents is 1. The van der Waals surface area contributed by atoms with Crippen molar-refractivity contribution in [2.24, 2.45) is 0 Å². The molecule has 0 radical (unpaired) electrons. The average molecular weight is 673 g/mol. The number of hydrogen-bond donors (Lipinski definition) is 6. The number of ether oxygens (including phenoxy) is 7. The van der Waals surface area contributed by atoms with Crippen LogP contribution >= 0.6 is 0 Å². The first-order valence-corrected chi connectivity index (χ1v) is 15.3. The van der Waals surface area contributed by atoms with E-state index in [0.29, 0.717) is 35.7 Å². The third kappa shape index (κ3) is 7.23. The number of carbonyl (C=O) groups is 1. The second-order valence-corrected chi connectivity index (χ2v) is 11.4. The molecule has 0 amide bonds. The zero-order valence-corrected chi connectivity index (χ0v) is 26.6. The lowest BCUT2D eigenvalue weighted by Crippen LogP contribution is -2.60. The lowest BCUT2D eigenvalue weighted by molar-refractivity contribution is -0.277. The van der Waals surface area contributed by atoms with Crippen LogP contribution in [0.1, 0.15) is 45.5 Å². The molecule has 3 aromatic carbocycles. The third-order valence-electron chi connectivity index (χ3n) is 8.37. The van der Waals surface area contributed by atoms with Gasteiger partial charge in [0.25, 0.3) is 0 Å². The Morgan fingerprint density at radius 3 is 2.29 bits per heavy atom. The molecule has 2 aliphatic heterocycles. The molecule has 260 valence electrons. The molecule has 48 heavy (non-hydrogen) atoms. The predicted octanol–water partition coefficient (Wildman–Crippen LogP) is 1.60. The van der Waals surface area contributed by atoms with Gasteiger partial charge in [-0.2, -0.15) is 0 Å². The van der Waals surface area contributed by atoms with Gasteiger partial charge in [-0.1, -0.05) is 6.07 Å². The van der Waals surface area contributed by atoms with Crippen LogP contribution in [0.4, 0.5) is 0 Å². The molecule has 0 spiro atoms. The van der Waals surface area contributed by atoms with Crippen molar-refractivity contribution in [1.82, 2.24) is 0 Å². The molecule has 5 rings (SSSR count). The van der Waals surface area contributed by atoms with Gasteiger partial charge in [0, 0.05) is 23.8 Å². The smallest absolute Gasteiger partial charge is 0.338 e. The molecule has 0 bridgehead atoms. The molecular weight excluding hydrogens is 632 g/mol. The fourth-order valence-corrected chi connectivity index (χ4v) is 5.81. The van der Waals surface area contributed by atoms with Gasteiger partial charge >= 0.3 is 5.97 Å². The van der Waals surface area contributed by atoms with Crippen molar-refractivity contribution in [3.05, 3.63) is 70.8 Å². The lowest BCUT2D eigenvalue weighted by atomic mass is 9.90. The number of hydrogen-bond acceptors (Lipinski definition) is 14. The molecule has 1 saturated heterocycles. The maximum Gasteiger partial charge on any atom is 0.338 e. The van der Waals surface area contributed by atoms with Crippen LogP contribution in [-0.4, -0.2) is 108 Å². The highest BCUT2D eigenvalue weighted by atomic mass is 16.7. The Labute approximate surface area is 276 Å². The van der Waals surface area contributed by atoms with Crippen LogP contribution in [0.5, 0.6) is 34.5 Å². The summed E-state index contributed by atoms with van der Waals surface area (Å²) in [4.78, 5) is 12.7. The topological polar surface area (TPSA) is 203 Å². The first kappa shape index (κ1) is 35.0. The van der Waals surface area contributed by atoms with Gasteiger partial charge in [0.05, 0.1) is 39.4 Å². The van der Waals surface area contributed by atoms with Gasteiger partial charge in [0.2, 0.25) is 6.29 Å². The fraction of sp³-hybridized carbons (Fsp3) is 0.441. The van der Waals surface area contributed by atoms with Crippen LogP contribution in [-0.2, 0) is 15.9 Å². The summed E-state index contributed by atoms with van der Waals surface area (Å²) in [7, 11) is 4.30. The van der Waals surface area contributed by atoms with E-state index in [1.54, 1.807) is 12.1 Å². The van der Waals surface area contributed by atoms with Gasteiger partial charge in [0.1, 0.15) is 48.6 Å². The molecule has 1 fully saturated rings. The molecule has 6 N–H and O–H groups in total. The van der Waals surface area contributed by atoms with Crippen LogP contribution in [0.25, 0.3) is 0 Å². The standard InChI is InChI=1S/C34H40O14/c1-42-20-11-19(31-23(15-36)22-9-17(5-4-8-35)10-26(44-3)32(22)48-31)12-21(14-20)46-34-30(40)29(39)28(38)27(47-34)16-45-33(41)18-6-7-24(37)25(13-18)43-2/h6-7,9-14,23,27-31,34-40H,4-5,8,15-16H2,1-3H3/t23-,27-,28-,29+,30-,31+,34-/m1/s1. The van der Waals surface area contributed by atoms with Crippen LogP contribution in [0.3, 0.4) is 0 Å². The number of aliphatic hydroxyl groups excluding tert-OH is 5. The number of rotatable bonds is 13.